The molecule has 0 unspecified atom stereocenters. The Hall–Kier alpha value is -3.55. The molecule has 2 aromatic rings. The molecule has 0 aromatic heterocycles. The molecule has 1 N–H and O–H groups in total. The van der Waals surface area contributed by atoms with Crippen LogP contribution in [0.2, 0.25) is 0 Å². The van der Waals surface area contributed by atoms with E-state index in [4.69, 9.17) is 14.3 Å². The Bertz CT molecular complexity index is 913. The minimum absolute atomic E-state index is 0.0964. The number of hydrogen-bond acceptors (Lipinski definition) is 6. The van der Waals surface area contributed by atoms with Crippen LogP contribution in [0.3, 0.4) is 0 Å². The molecule has 152 valence electrons. The summed E-state index contributed by atoms with van der Waals surface area (Å²) in [7, 11) is 3.08. The summed E-state index contributed by atoms with van der Waals surface area (Å²) >= 11 is 0. The second kappa shape index (κ2) is 9.59. The van der Waals surface area contributed by atoms with E-state index in [1.807, 2.05) is 6.07 Å². The zero-order valence-electron chi connectivity index (χ0n) is 16.4. The first-order valence-electron chi connectivity index (χ1n) is 9.19. The molecule has 1 aliphatic heterocycles. The van der Waals surface area contributed by atoms with Crippen LogP contribution in [-0.2, 0) is 14.4 Å². The Morgan fingerprint density at radius 3 is 2.76 bits per heavy atom. The summed E-state index contributed by atoms with van der Waals surface area (Å²) in [4.78, 5) is 30.8. The summed E-state index contributed by atoms with van der Waals surface area (Å²) in [5.74, 6) is 0.842. The minimum atomic E-state index is -0.357. The number of amides is 2. The molecule has 2 amide bonds. The molecule has 1 fully saturated rings. The Morgan fingerprint density at radius 1 is 1.21 bits per heavy atom. The van der Waals surface area contributed by atoms with E-state index >= 15 is 0 Å². The molecule has 0 aliphatic carbocycles. The van der Waals surface area contributed by atoms with Crippen molar-refractivity contribution in [3.8, 4) is 11.5 Å². The number of carbonyl (C=O) groups is 2. The predicted molar refractivity (Wildman–Crippen MR) is 110 cm³/mol. The molecule has 0 atom stereocenters. The molecule has 8 nitrogen and oxygen atoms in total. The van der Waals surface area contributed by atoms with Gasteiger partial charge in [0, 0.05) is 29.9 Å². The van der Waals surface area contributed by atoms with Crippen molar-refractivity contribution in [2.75, 3.05) is 37.6 Å². The maximum atomic E-state index is 12.1. The second-order valence-corrected chi connectivity index (χ2v) is 6.34. The molecule has 2 aromatic carbocycles. The fourth-order valence-corrected chi connectivity index (χ4v) is 3.07. The quantitative estimate of drug-likeness (QED) is 0.547. The highest BCUT2D eigenvalue weighted by molar-refractivity contribution is 5.97. The number of benzene rings is 2. The first-order valence-corrected chi connectivity index (χ1v) is 9.19. The molecule has 0 saturated carbocycles. The van der Waals surface area contributed by atoms with Gasteiger partial charge in [-0.1, -0.05) is 17.3 Å². The van der Waals surface area contributed by atoms with E-state index in [-0.39, 0.29) is 18.4 Å². The van der Waals surface area contributed by atoms with E-state index in [2.05, 4.69) is 10.5 Å². The van der Waals surface area contributed by atoms with Crippen LogP contribution in [0.5, 0.6) is 11.5 Å². The van der Waals surface area contributed by atoms with Gasteiger partial charge in [0.1, 0.15) is 0 Å². The third-order valence-corrected chi connectivity index (χ3v) is 4.41. The Labute approximate surface area is 169 Å². The highest BCUT2D eigenvalue weighted by Crippen LogP contribution is 2.29. The monoisotopic (exact) mass is 397 g/mol. The van der Waals surface area contributed by atoms with Crippen molar-refractivity contribution < 1.29 is 23.9 Å². The SMILES string of the molecule is COc1cccc(/C=N/OCC(=O)Nc2cccc(N3CCCC3=O)c2)c1OC. The number of nitrogens with one attached hydrogen (secondary N) is 1. The van der Waals surface area contributed by atoms with E-state index in [9.17, 15) is 9.59 Å². The van der Waals surface area contributed by atoms with E-state index in [0.29, 0.717) is 35.7 Å². The smallest absolute Gasteiger partial charge is 0.265 e. The number of para-hydroxylation sites is 1. The van der Waals surface area contributed by atoms with E-state index in [1.54, 1.807) is 48.4 Å². The summed E-state index contributed by atoms with van der Waals surface area (Å²) in [5.41, 5.74) is 2.03. The predicted octanol–water partition coefficient (Wildman–Crippen LogP) is 2.82. The summed E-state index contributed by atoms with van der Waals surface area (Å²) in [6.07, 6.45) is 2.86. The van der Waals surface area contributed by atoms with Crippen LogP contribution in [0.4, 0.5) is 11.4 Å². The lowest BCUT2D eigenvalue weighted by molar-refractivity contribution is -0.120. The first-order chi connectivity index (χ1) is 14.1. The van der Waals surface area contributed by atoms with Crippen molar-refractivity contribution >= 4 is 29.4 Å². The standard InChI is InChI=1S/C21H23N3O5/c1-27-18-9-3-6-15(21(18)28-2)13-22-29-14-19(25)23-16-7-4-8-17(12-16)24-11-5-10-20(24)26/h3-4,6-9,12-13H,5,10-11,14H2,1-2H3,(H,23,25)/b22-13+. The molecular weight excluding hydrogens is 374 g/mol. The number of anilines is 2. The van der Waals surface area contributed by atoms with Crippen LogP contribution >= 0.6 is 0 Å². The molecule has 0 bridgehead atoms. The van der Waals surface area contributed by atoms with Gasteiger partial charge in [-0.25, -0.2) is 0 Å². The molecule has 0 spiro atoms. The highest BCUT2D eigenvalue weighted by Gasteiger charge is 2.21. The van der Waals surface area contributed by atoms with Gasteiger partial charge in [-0.2, -0.15) is 0 Å². The van der Waals surface area contributed by atoms with Gasteiger partial charge in [0.15, 0.2) is 18.1 Å². The first kappa shape index (κ1) is 20.2. The number of nitrogens with zero attached hydrogens (tertiary/aromatic N) is 2. The lowest BCUT2D eigenvalue weighted by Crippen LogP contribution is -2.24. The second-order valence-electron chi connectivity index (χ2n) is 6.34. The zero-order valence-corrected chi connectivity index (χ0v) is 16.4. The van der Waals surface area contributed by atoms with Crippen LogP contribution in [0.15, 0.2) is 47.6 Å². The van der Waals surface area contributed by atoms with Gasteiger partial charge in [-0.05, 0) is 36.8 Å². The van der Waals surface area contributed by atoms with E-state index in [0.717, 1.165) is 12.1 Å². The average molecular weight is 397 g/mol. The number of oxime groups is 1. The molecule has 3 rings (SSSR count). The third-order valence-electron chi connectivity index (χ3n) is 4.41. The number of hydrogen-bond donors (Lipinski definition) is 1. The van der Waals surface area contributed by atoms with Crippen molar-refractivity contribution in [1.29, 1.82) is 0 Å². The maximum absolute atomic E-state index is 12.1. The summed E-state index contributed by atoms with van der Waals surface area (Å²) in [6.45, 7) is 0.442. The van der Waals surface area contributed by atoms with Crippen LogP contribution in [0.1, 0.15) is 18.4 Å². The van der Waals surface area contributed by atoms with E-state index < -0.39 is 0 Å². The lowest BCUT2D eigenvalue weighted by Gasteiger charge is -2.16. The van der Waals surface area contributed by atoms with Crippen LogP contribution in [0.25, 0.3) is 0 Å². The fraction of sp³-hybridized carbons (Fsp3) is 0.286. The van der Waals surface area contributed by atoms with Crippen molar-refractivity contribution in [2.24, 2.45) is 5.16 Å². The van der Waals surface area contributed by atoms with Crippen molar-refractivity contribution in [2.45, 2.75) is 12.8 Å². The number of carbonyl (C=O) groups excluding carboxylic acids is 2. The summed E-state index contributed by atoms with van der Waals surface area (Å²) in [6, 6.07) is 12.5. The Morgan fingerprint density at radius 2 is 2.03 bits per heavy atom. The molecule has 1 heterocycles. The average Bonchev–Trinajstić information content (AvgIpc) is 3.17. The van der Waals surface area contributed by atoms with Gasteiger partial charge in [0.05, 0.1) is 20.4 Å². The van der Waals surface area contributed by atoms with Gasteiger partial charge in [-0.3, -0.25) is 9.59 Å². The largest absolute Gasteiger partial charge is 0.493 e. The number of rotatable bonds is 8. The molecule has 1 aliphatic rings. The lowest BCUT2D eigenvalue weighted by atomic mass is 10.2. The zero-order chi connectivity index (χ0) is 20.6. The molecule has 1 saturated heterocycles. The molecule has 8 heteroatoms. The molecular formula is C21H23N3O5. The molecule has 0 radical (unpaired) electrons. The highest BCUT2D eigenvalue weighted by atomic mass is 16.6. The van der Waals surface area contributed by atoms with Gasteiger partial charge in [-0.15, -0.1) is 0 Å². The topological polar surface area (TPSA) is 89.5 Å². The van der Waals surface area contributed by atoms with Crippen LogP contribution < -0.4 is 19.7 Å². The third kappa shape index (κ3) is 5.04. The summed E-state index contributed by atoms with van der Waals surface area (Å²) in [5, 5.41) is 6.56. The van der Waals surface area contributed by atoms with Gasteiger partial charge >= 0.3 is 0 Å². The Kier molecular flexibility index (Phi) is 6.67. The van der Waals surface area contributed by atoms with Crippen molar-refractivity contribution in [1.82, 2.24) is 0 Å². The van der Waals surface area contributed by atoms with Gasteiger partial charge in [0.25, 0.3) is 5.91 Å². The minimum Gasteiger partial charge on any atom is -0.493 e. The van der Waals surface area contributed by atoms with Crippen LogP contribution in [0, 0.1) is 0 Å². The normalized spacial score (nSPS) is 13.6. The number of ether oxygens (including phenoxy) is 2. The van der Waals surface area contributed by atoms with Crippen molar-refractivity contribution in [3.05, 3.63) is 48.0 Å². The molecule has 29 heavy (non-hydrogen) atoms. The van der Waals surface area contributed by atoms with Crippen LogP contribution in [-0.4, -0.2) is 45.4 Å². The van der Waals surface area contributed by atoms with Gasteiger partial charge in [0.2, 0.25) is 5.91 Å². The van der Waals surface area contributed by atoms with Crippen molar-refractivity contribution in [3.63, 3.8) is 0 Å². The van der Waals surface area contributed by atoms with Gasteiger partial charge < -0.3 is 24.5 Å². The maximum Gasteiger partial charge on any atom is 0.265 e. The summed E-state index contributed by atoms with van der Waals surface area (Å²) < 4.78 is 10.5. The van der Waals surface area contributed by atoms with E-state index in [1.165, 1.54) is 13.3 Å². The number of methoxy groups -OCH3 is 2. The Balaban J connectivity index is 1.54. The fourth-order valence-electron chi connectivity index (χ4n) is 3.07.